The second-order valence-electron chi connectivity index (χ2n) is 6.18. The fraction of sp³-hybridized carbons (Fsp3) is 0.471. The van der Waals surface area contributed by atoms with Gasteiger partial charge in [-0.05, 0) is 24.1 Å². The largest absolute Gasteiger partial charge is 0.508 e. The first-order valence-electron chi connectivity index (χ1n) is 7.47. The highest BCUT2D eigenvalue weighted by molar-refractivity contribution is 5.88. The van der Waals surface area contributed by atoms with Gasteiger partial charge in [0.15, 0.2) is 5.78 Å². The Kier molecular flexibility index (Phi) is 4.68. The molecule has 0 aliphatic carbocycles. The number of nitrogens with one attached hydrogen (secondary N) is 2. The van der Waals surface area contributed by atoms with Crippen LogP contribution in [0.4, 0.5) is 0 Å². The van der Waals surface area contributed by atoms with Crippen LogP contribution in [-0.2, 0) is 11.2 Å². The first-order valence-corrected chi connectivity index (χ1v) is 7.47. The number of aromatic nitrogens is 1. The van der Waals surface area contributed by atoms with Gasteiger partial charge in [0.1, 0.15) is 5.75 Å². The van der Waals surface area contributed by atoms with Crippen LogP contribution in [0.15, 0.2) is 24.4 Å². The highest BCUT2D eigenvalue weighted by atomic mass is 16.3. The van der Waals surface area contributed by atoms with E-state index in [-0.39, 0.29) is 29.5 Å². The molecule has 0 spiro atoms. The molecule has 4 nitrogen and oxygen atoms in total. The molecule has 0 radical (unpaired) electrons. The van der Waals surface area contributed by atoms with Gasteiger partial charge in [-0.2, -0.15) is 0 Å². The quantitative estimate of drug-likeness (QED) is 0.765. The van der Waals surface area contributed by atoms with Gasteiger partial charge >= 0.3 is 0 Å². The summed E-state index contributed by atoms with van der Waals surface area (Å²) >= 11 is 0. The Balaban J connectivity index is 2.27. The van der Waals surface area contributed by atoms with Crippen LogP contribution in [-0.4, -0.2) is 28.0 Å². The predicted octanol–water partition coefficient (Wildman–Crippen LogP) is 3.01. The van der Waals surface area contributed by atoms with Gasteiger partial charge in [-0.3, -0.25) is 4.79 Å². The number of aromatic hydroxyl groups is 1. The Morgan fingerprint density at radius 2 is 2.00 bits per heavy atom. The number of carbonyl (C=O) groups is 1. The molecule has 0 fully saturated rings. The average Bonchev–Trinajstić information content (AvgIpc) is 2.78. The van der Waals surface area contributed by atoms with Crippen LogP contribution in [0.25, 0.3) is 10.9 Å². The molecule has 0 saturated carbocycles. The Labute approximate surface area is 125 Å². The molecule has 1 aromatic heterocycles. The van der Waals surface area contributed by atoms with E-state index >= 15 is 0 Å². The lowest BCUT2D eigenvalue weighted by atomic mass is 9.95. The van der Waals surface area contributed by atoms with E-state index in [2.05, 4.69) is 10.3 Å². The number of fused-ring (bicyclic) bond motifs is 1. The van der Waals surface area contributed by atoms with Crippen molar-refractivity contribution in [1.29, 1.82) is 0 Å². The van der Waals surface area contributed by atoms with Gasteiger partial charge in [0.2, 0.25) is 0 Å². The van der Waals surface area contributed by atoms with E-state index in [1.807, 2.05) is 40.0 Å². The van der Waals surface area contributed by atoms with Gasteiger partial charge in [0.25, 0.3) is 0 Å². The molecule has 0 saturated heterocycles. The Morgan fingerprint density at radius 3 is 2.62 bits per heavy atom. The van der Waals surface area contributed by atoms with E-state index in [9.17, 15) is 9.90 Å². The third-order valence-corrected chi connectivity index (χ3v) is 3.62. The van der Waals surface area contributed by atoms with Crippen molar-refractivity contribution in [2.75, 3.05) is 0 Å². The van der Waals surface area contributed by atoms with Crippen molar-refractivity contribution in [3.8, 4) is 5.75 Å². The molecular formula is C17H24N2O2. The van der Waals surface area contributed by atoms with E-state index in [1.165, 1.54) is 0 Å². The Bertz CT molecular complexity index is 629. The molecule has 3 N–H and O–H groups in total. The number of aromatic amines is 1. The van der Waals surface area contributed by atoms with Crippen LogP contribution in [0, 0.1) is 5.92 Å². The van der Waals surface area contributed by atoms with Crippen molar-refractivity contribution in [3.05, 3.63) is 30.0 Å². The average molecular weight is 288 g/mol. The molecule has 0 unspecified atom stereocenters. The van der Waals surface area contributed by atoms with E-state index in [1.54, 1.807) is 12.1 Å². The predicted molar refractivity (Wildman–Crippen MR) is 85.6 cm³/mol. The maximum Gasteiger partial charge on any atom is 0.152 e. The Hall–Kier alpha value is -1.81. The fourth-order valence-corrected chi connectivity index (χ4v) is 2.61. The third kappa shape index (κ3) is 3.64. The monoisotopic (exact) mass is 288 g/mol. The minimum atomic E-state index is -0.183. The van der Waals surface area contributed by atoms with Crippen molar-refractivity contribution >= 4 is 16.7 Å². The van der Waals surface area contributed by atoms with E-state index in [4.69, 9.17) is 0 Å². The van der Waals surface area contributed by atoms with Crippen molar-refractivity contribution in [3.63, 3.8) is 0 Å². The molecule has 0 bridgehead atoms. The number of benzene rings is 1. The lowest BCUT2D eigenvalue weighted by Crippen LogP contribution is -2.44. The molecule has 2 aromatic rings. The van der Waals surface area contributed by atoms with Gasteiger partial charge in [0.05, 0.1) is 6.04 Å². The van der Waals surface area contributed by atoms with Crippen LogP contribution >= 0.6 is 0 Å². The van der Waals surface area contributed by atoms with E-state index in [0.717, 1.165) is 16.5 Å². The summed E-state index contributed by atoms with van der Waals surface area (Å²) in [6.07, 6.45) is 2.58. The van der Waals surface area contributed by atoms with Gasteiger partial charge < -0.3 is 15.4 Å². The van der Waals surface area contributed by atoms with Gasteiger partial charge in [-0.1, -0.05) is 27.7 Å². The molecule has 0 aliphatic rings. The molecule has 1 heterocycles. The van der Waals surface area contributed by atoms with Gasteiger partial charge in [-0.25, -0.2) is 0 Å². The van der Waals surface area contributed by atoms with Crippen LogP contribution in [0.2, 0.25) is 0 Å². The second kappa shape index (κ2) is 6.31. The number of ketones is 1. The lowest BCUT2D eigenvalue weighted by Gasteiger charge is -2.21. The first kappa shape index (κ1) is 15.6. The molecule has 1 atom stereocenters. The molecule has 21 heavy (non-hydrogen) atoms. The Morgan fingerprint density at radius 1 is 1.29 bits per heavy atom. The second-order valence-corrected chi connectivity index (χ2v) is 6.18. The lowest BCUT2D eigenvalue weighted by molar-refractivity contribution is -0.124. The molecule has 4 heteroatoms. The number of Topliss-reactive ketones (excluding diaryl/α,β-unsaturated/α-hetero) is 1. The van der Waals surface area contributed by atoms with Crippen molar-refractivity contribution in [2.24, 2.45) is 5.92 Å². The van der Waals surface area contributed by atoms with Crippen molar-refractivity contribution < 1.29 is 9.90 Å². The maximum absolute atomic E-state index is 12.4. The minimum Gasteiger partial charge on any atom is -0.508 e. The number of phenolic OH excluding ortho intramolecular Hbond substituents is 1. The van der Waals surface area contributed by atoms with Crippen LogP contribution in [0.1, 0.15) is 33.3 Å². The summed E-state index contributed by atoms with van der Waals surface area (Å²) in [7, 11) is 0. The number of rotatable bonds is 6. The summed E-state index contributed by atoms with van der Waals surface area (Å²) in [4.78, 5) is 15.5. The number of H-pyrrole nitrogens is 1. The summed E-state index contributed by atoms with van der Waals surface area (Å²) in [5.41, 5.74) is 1.99. The van der Waals surface area contributed by atoms with E-state index in [0.29, 0.717) is 6.42 Å². The highest BCUT2D eigenvalue weighted by Gasteiger charge is 2.23. The van der Waals surface area contributed by atoms with Crippen LogP contribution < -0.4 is 5.32 Å². The molecule has 0 amide bonds. The van der Waals surface area contributed by atoms with Gasteiger partial charge in [-0.15, -0.1) is 0 Å². The zero-order chi connectivity index (χ0) is 15.6. The standard InChI is InChI=1S/C17H24N2O2/c1-10(2)17(21)16(19-11(3)4)7-12-9-18-15-8-13(20)5-6-14(12)15/h5-6,8-11,16,18-20H,7H2,1-4H3/t16-/m0/s1. The molecule has 1 aromatic carbocycles. The van der Waals surface area contributed by atoms with Crippen LogP contribution in [0.3, 0.4) is 0 Å². The van der Waals surface area contributed by atoms with E-state index < -0.39 is 0 Å². The number of hydrogen-bond donors (Lipinski definition) is 3. The maximum atomic E-state index is 12.4. The van der Waals surface area contributed by atoms with Gasteiger partial charge in [0, 0.05) is 35.1 Å². The highest BCUT2D eigenvalue weighted by Crippen LogP contribution is 2.24. The SMILES string of the molecule is CC(C)N[C@@H](Cc1c[nH]c2cc(O)ccc12)C(=O)C(C)C. The summed E-state index contributed by atoms with van der Waals surface area (Å²) in [6.45, 7) is 7.97. The minimum absolute atomic E-state index is 0.00972. The zero-order valence-corrected chi connectivity index (χ0v) is 13.1. The summed E-state index contributed by atoms with van der Waals surface area (Å²) in [5.74, 6) is 0.485. The summed E-state index contributed by atoms with van der Waals surface area (Å²) < 4.78 is 0. The topological polar surface area (TPSA) is 65.1 Å². The van der Waals surface area contributed by atoms with Crippen molar-refractivity contribution in [2.45, 2.75) is 46.2 Å². The van der Waals surface area contributed by atoms with Crippen LogP contribution in [0.5, 0.6) is 5.75 Å². The third-order valence-electron chi connectivity index (χ3n) is 3.62. The zero-order valence-electron chi connectivity index (χ0n) is 13.1. The molecule has 114 valence electrons. The fourth-order valence-electron chi connectivity index (χ4n) is 2.61. The number of phenols is 1. The van der Waals surface area contributed by atoms with Crippen molar-refractivity contribution in [1.82, 2.24) is 10.3 Å². The molecule has 0 aliphatic heterocycles. The number of carbonyl (C=O) groups excluding carboxylic acids is 1. The normalized spacial score (nSPS) is 13.2. The molecular weight excluding hydrogens is 264 g/mol. The summed E-state index contributed by atoms with van der Waals surface area (Å²) in [5, 5.41) is 13.9. The number of hydrogen-bond acceptors (Lipinski definition) is 3. The summed E-state index contributed by atoms with van der Waals surface area (Å²) in [6, 6.07) is 5.34. The first-order chi connectivity index (χ1) is 9.88. The smallest absolute Gasteiger partial charge is 0.152 e. The molecule has 2 rings (SSSR count).